The van der Waals surface area contributed by atoms with Gasteiger partial charge in [-0.15, -0.1) is 0 Å². The molecule has 0 radical (unpaired) electrons. The van der Waals surface area contributed by atoms with Crippen LogP contribution in [0.5, 0.6) is 0 Å². The van der Waals surface area contributed by atoms with Gasteiger partial charge in [-0.3, -0.25) is 4.79 Å². The maximum atomic E-state index is 11.7. The van der Waals surface area contributed by atoms with Gasteiger partial charge in [0, 0.05) is 23.4 Å². The van der Waals surface area contributed by atoms with Crippen molar-refractivity contribution in [1.29, 1.82) is 0 Å². The van der Waals surface area contributed by atoms with Gasteiger partial charge in [0.1, 0.15) is 5.78 Å². The number of nitrogens with two attached hydrogens (primary N) is 1. The number of rotatable bonds is 4. The zero-order chi connectivity index (χ0) is 11.4. The van der Waals surface area contributed by atoms with Crippen molar-refractivity contribution in [3.8, 4) is 0 Å². The summed E-state index contributed by atoms with van der Waals surface area (Å²) >= 11 is 5.76. The normalized spacial score (nSPS) is 14.7. The van der Waals surface area contributed by atoms with Crippen molar-refractivity contribution >= 4 is 17.4 Å². The Morgan fingerprint density at radius 3 is 2.33 bits per heavy atom. The van der Waals surface area contributed by atoms with E-state index in [0.29, 0.717) is 11.4 Å². The Hall–Kier alpha value is -0.860. The molecular weight excluding hydrogens is 210 g/mol. The van der Waals surface area contributed by atoms with Crippen LogP contribution < -0.4 is 5.73 Å². The molecule has 0 fully saturated rings. The average molecular weight is 226 g/mol. The monoisotopic (exact) mass is 225 g/mol. The largest absolute Gasteiger partial charge is 0.327 e. The molecule has 1 rings (SSSR count). The van der Waals surface area contributed by atoms with E-state index in [0.717, 1.165) is 5.56 Å². The third-order valence-corrected chi connectivity index (χ3v) is 2.84. The van der Waals surface area contributed by atoms with Gasteiger partial charge in [-0.25, -0.2) is 0 Å². The molecule has 0 aliphatic carbocycles. The SMILES string of the molecule is CC(N)C(C)C(=O)Cc1ccc(Cl)cc1. The van der Waals surface area contributed by atoms with Crippen LogP contribution in [-0.4, -0.2) is 11.8 Å². The first kappa shape index (κ1) is 12.2. The average Bonchev–Trinajstić information content (AvgIpc) is 2.20. The topological polar surface area (TPSA) is 43.1 Å². The summed E-state index contributed by atoms with van der Waals surface area (Å²) in [5.41, 5.74) is 6.66. The van der Waals surface area contributed by atoms with Crippen molar-refractivity contribution in [2.75, 3.05) is 0 Å². The van der Waals surface area contributed by atoms with Gasteiger partial charge in [-0.05, 0) is 24.6 Å². The number of ketones is 1. The maximum absolute atomic E-state index is 11.7. The molecule has 2 atom stereocenters. The van der Waals surface area contributed by atoms with Crippen molar-refractivity contribution in [1.82, 2.24) is 0 Å². The molecular formula is C12H16ClNO. The highest BCUT2D eigenvalue weighted by atomic mass is 35.5. The van der Waals surface area contributed by atoms with Crippen molar-refractivity contribution in [3.05, 3.63) is 34.9 Å². The summed E-state index contributed by atoms with van der Waals surface area (Å²) in [7, 11) is 0. The highest BCUT2D eigenvalue weighted by Gasteiger charge is 2.16. The number of benzene rings is 1. The van der Waals surface area contributed by atoms with Gasteiger partial charge in [0.25, 0.3) is 0 Å². The van der Waals surface area contributed by atoms with Crippen LogP contribution in [0.25, 0.3) is 0 Å². The van der Waals surface area contributed by atoms with Crippen LogP contribution in [0.2, 0.25) is 5.02 Å². The molecule has 0 aliphatic heterocycles. The van der Waals surface area contributed by atoms with E-state index in [1.807, 2.05) is 26.0 Å². The van der Waals surface area contributed by atoms with Gasteiger partial charge in [-0.1, -0.05) is 30.7 Å². The number of halogens is 1. The highest BCUT2D eigenvalue weighted by Crippen LogP contribution is 2.12. The van der Waals surface area contributed by atoms with Crippen LogP contribution in [0.4, 0.5) is 0 Å². The standard InChI is InChI=1S/C12H16ClNO/c1-8(9(2)14)12(15)7-10-3-5-11(13)6-4-10/h3-6,8-9H,7,14H2,1-2H3. The summed E-state index contributed by atoms with van der Waals surface area (Å²) in [6, 6.07) is 7.23. The number of carbonyl (C=O) groups excluding carboxylic acids is 1. The minimum absolute atomic E-state index is 0.0928. The Morgan fingerprint density at radius 2 is 1.87 bits per heavy atom. The molecule has 0 aliphatic rings. The maximum Gasteiger partial charge on any atom is 0.141 e. The third kappa shape index (κ3) is 3.65. The van der Waals surface area contributed by atoms with E-state index in [-0.39, 0.29) is 17.7 Å². The minimum atomic E-state index is -0.0966. The van der Waals surface area contributed by atoms with E-state index < -0.39 is 0 Å². The van der Waals surface area contributed by atoms with Crippen molar-refractivity contribution in [3.63, 3.8) is 0 Å². The molecule has 0 bridgehead atoms. The minimum Gasteiger partial charge on any atom is -0.327 e. The summed E-state index contributed by atoms with van der Waals surface area (Å²) in [6.45, 7) is 3.72. The van der Waals surface area contributed by atoms with Gasteiger partial charge in [-0.2, -0.15) is 0 Å². The van der Waals surface area contributed by atoms with Gasteiger partial charge >= 0.3 is 0 Å². The molecule has 0 amide bonds. The second kappa shape index (κ2) is 5.29. The van der Waals surface area contributed by atoms with E-state index in [1.54, 1.807) is 12.1 Å². The molecule has 1 aromatic carbocycles. The van der Waals surface area contributed by atoms with Crippen LogP contribution in [0, 0.1) is 5.92 Å². The highest BCUT2D eigenvalue weighted by molar-refractivity contribution is 6.30. The molecule has 0 saturated heterocycles. The van der Waals surface area contributed by atoms with E-state index >= 15 is 0 Å². The first-order valence-electron chi connectivity index (χ1n) is 5.03. The van der Waals surface area contributed by atoms with E-state index in [1.165, 1.54) is 0 Å². The number of hydrogen-bond donors (Lipinski definition) is 1. The summed E-state index contributed by atoms with van der Waals surface area (Å²) in [6.07, 6.45) is 0.430. The molecule has 1 aromatic rings. The van der Waals surface area contributed by atoms with E-state index in [4.69, 9.17) is 17.3 Å². The fourth-order valence-corrected chi connectivity index (χ4v) is 1.38. The quantitative estimate of drug-likeness (QED) is 0.856. The van der Waals surface area contributed by atoms with Crippen LogP contribution in [-0.2, 0) is 11.2 Å². The summed E-state index contributed by atoms with van der Waals surface area (Å²) in [5, 5.41) is 0.687. The van der Waals surface area contributed by atoms with Gasteiger partial charge < -0.3 is 5.73 Å². The van der Waals surface area contributed by atoms with Crippen LogP contribution in [0.15, 0.2) is 24.3 Å². The second-order valence-corrected chi connectivity index (χ2v) is 4.35. The van der Waals surface area contributed by atoms with E-state index in [9.17, 15) is 4.79 Å². The Morgan fingerprint density at radius 1 is 1.33 bits per heavy atom. The molecule has 3 heteroatoms. The molecule has 15 heavy (non-hydrogen) atoms. The number of hydrogen-bond acceptors (Lipinski definition) is 2. The zero-order valence-electron chi connectivity index (χ0n) is 9.03. The van der Waals surface area contributed by atoms with Crippen LogP contribution in [0.1, 0.15) is 19.4 Å². The fourth-order valence-electron chi connectivity index (χ4n) is 1.26. The van der Waals surface area contributed by atoms with Crippen molar-refractivity contribution in [2.24, 2.45) is 11.7 Å². The Balaban J connectivity index is 2.62. The second-order valence-electron chi connectivity index (χ2n) is 3.92. The smallest absolute Gasteiger partial charge is 0.141 e. The summed E-state index contributed by atoms with van der Waals surface area (Å²) in [5.74, 6) is 0.0769. The molecule has 0 saturated carbocycles. The molecule has 0 spiro atoms. The Kier molecular flexibility index (Phi) is 4.30. The first-order valence-corrected chi connectivity index (χ1v) is 5.41. The predicted molar refractivity (Wildman–Crippen MR) is 63.0 cm³/mol. The summed E-state index contributed by atoms with van der Waals surface area (Å²) < 4.78 is 0. The van der Waals surface area contributed by atoms with Gasteiger partial charge in [0.05, 0.1) is 0 Å². The summed E-state index contributed by atoms with van der Waals surface area (Å²) in [4.78, 5) is 11.7. The third-order valence-electron chi connectivity index (χ3n) is 2.59. The Bertz CT molecular complexity index is 332. The zero-order valence-corrected chi connectivity index (χ0v) is 9.79. The molecule has 2 unspecified atom stereocenters. The van der Waals surface area contributed by atoms with E-state index in [2.05, 4.69) is 0 Å². The molecule has 82 valence electrons. The molecule has 2 N–H and O–H groups in total. The lowest BCUT2D eigenvalue weighted by Crippen LogP contribution is -2.31. The fraction of sp³-hybridized carbons (Fsp3) is 0.417. The Labute approximate surface area is 95.4 Å². The molecule has 2 nitrogen and oxygen atoms in total. The van der Waals surface area contributed by atoms with Crippen molar-refractivity contribution < 1.29 is 4.79 Å². The molecule has 0 heterocycles. The van der Waals surface area contributed by atoms with Crippen LogP contribution in [0.3, 0.4) is 0 Å². The van der Waals surface area contributed by atoms with Crippen molar-refractivity contribution in [2.45, 2.75) is 26.3 Å². The number of carbonyl (C=O) groups is 1. The number of Topliss-reactive ketones (excluding diaryl/α,β-unsaturated/α-hetero) is 1. The lowest BCUT2D eigenvalue weighted by atomic mass is 9.94. The van der Waals surface area contributed by atoms with Gasteiger partial charge in [0.2, 0.25) is 0 Å². The lowest BCUT2D eigenvalue weighted by molar-refractivity contribution is -0.122. The first-order chi connectivity index (χ1) is 7.00. The van der Waals surface area contributed by atoms with Crippen LogP contribution >= 0.6 is 11.6 Å². The molecule has 0 aromatic heterocycles. The lowest BCUT2D eigenvalue weighted by Gasteiger charge is -2.13. The van der Waals surface area contributed by atoms with Gasteiger partial charge in [0.15, 0.2) is 0 Å². The predicted octanol–water partition coefficient (Wildman–Crippen LogP) is 2.43.